The van der Waals surface area contributed by atoms with Gasteiger partial charge in [-0.25, -0.2) is 10.9 Å². The van der Waals surface area contributed by atoms with E-state index in [0.29, 0.717) is 22.6 Å². The molecule has 2 amide bonds. The number of hydrogen-bond donors (Lipinski definition) is 4. The molecule has 0 aliphatic carbocycles. The molecule has 4 N–H and O–H groups in total. The van der Waals surface area contributed by atoms with Crippen molar-refractivity contribution in [1.29, 1.82) is 0 Å². The number of nitrogens with zero attached hydrogens (tertiary/aromatic N) is 2. The van der Waals surface area contributed by atoms with Gasteiger partial charge in [-0.2, -0.15) is 10.2 Å². The number of amides is 2. The molecular formula is C20H22N4O6S. The molecule has 2 rings (SSSR count). The minimum atomic E-state index is -0.375. The zero-order valence-corrected chi connectivity index (χ0v) is 17.7. The largest absolute Gasteiger partial charge is 0.504 e. The normalized spacial score (nSPS) is 10.9. The molecular weight excluding hydrogens is 424 g/mol. The van der Waals surface area contributed by atoms with Crippen molar-refractivity contribution in [3.05, 3.63) is 47.5 Å². The van der Waals surface area contributed by atoms with Gasteiger partial charge in [-0.05, 0) is 47.5 Å². The van der Waals surface area contributed by atoms with E-state index in [1.54, 1.807) is 24.3 Å². The first-order chi connectivity index (χ1) is 14.9. The summed E-state index contributed by atoms with van der Waals surface area (Å²) >= 11 is 1.10. The number of thioether (sulfide) groups is 1. The number of phenols is 2. The van der Waals surface area contributed by atoms with Gasteiger partial charge in [0.25, 0.3) is 0 Å². The van der Waals surface area contributed by atoms with Crippen LogP contribution in [-0.2, 0) is 9.59 Å². The number of hydrazone groups is 2. The van der Waals surface area contributed by atoms with Crippen LogP contribution in [0.15, 0.2) is 46.6 Å². The zero-order valence-electron chi connectivity index (χ0n) is 16.9. The van der Waals surface area contributed by atoms with Gasteiger partial charge in [-0.1, -0.05) is 0 Å². The van der Waals surface area contributed by atoms with Crippen molar-refractivity contribution in [2.24, 2.45) is 10.2 Å². The average Bonchev–Trinajstić information content (AvgIpc) is 2.76. The summed E-state index contributed by atoms with van der Waals surface area (Å²) in [6.07, 6.45) is 2.81. The first-order valence-corrected chi connectivity index (χ1v) is 10.0. The lowest BCUT2D eigenvalue weighted by molar-refractivity contribution is -0.118. The Hall–Kier alpha value is -3.73. The third-order valence-corrected chi connectivity index (χ3v) is 4.61. The Labute approximate surface area is 183 Å². The molecule has 0 heterocycles. The molecule has 0 atom stereocenters. The Balaban J connectivity index is 1.69. The van der Waals surface area contributed by atoms with E-state index in [0.717, 1.165) is 11.8 Å². The van der Waals surface area contributed by atoms with Crippen molar-refractivity contribution in [2.75, 3.05) is 25.7 Å². The maximum Gasteiger partial charge on any atom is 0.250 e. The third kappa shape index (κ3) is 7.90. The van der Waals surface area contributed by atoms with Gasteiger partial charge in [0.15, 0.2) is 23.0 Å². The summed E-state index contributed by atoms with van der Waals surface area (Å²) in [4.78, 5) is 23.5. The molecule has 11 heteroatoms. The number of carbonyl (C=O) groups is 2. The number of aromatic hydroxyl groups is 2. The van der Waals surface area contributed by atoms with Crippen molar-refractivity contribution in [2.45, 2.75) is 0 Å². The molecule has 0 saturated heterocycles. The standard InChI is InChI=1S/C20H22N4O6S/c1-29-17-7-13(3-5-15(17)25)9-21-23-19(27)11-31-12-20(28)24-22-10-14-4-6-16(26)18(8-14)30-2/h3-10,25-26H,11-12H2,1-2H3,(H,23,27)(H,24,28). The highest BCUT2D eigenvalue weighted by atomic mass is 32.2. The number of methoxy groups -OCH3 is 2. The van der Waals surface area contributed by atoms with Crippen LogP contribution in [0.1, 0.15) is 11.1 Å². The first-order valence-electron chi connectivity index (χ1n) is 8.88. The zero-order chi connectivity index (χ0) is 22.6. The predicted octanol–water partition coefficient (Wildman–Crippen LogP) is 1.45. The lowest BCUT2D eigenvalue weighted by Gasteiger charge is -2.04. The van der Waals surface area contributed by atoms with Gasteiger partial charge < -0.3 is 19.7 Å². The monoisotopic (exact) mass is 446 g/mol. The van der Waals surface area contributed by atoms with Gasteiger partial charge in [0.2, 0.25) is 11.8 Å². The van der Waals surface area contributed by atoms with E-state index >= 15 is 0 Å². The summed E-state index contributed by atoms with van der Waals surface area (Å²) in [5.74, 6) is -0.0894. The average molecular weight is 446 g/mol. The van der Waals surface area contributed by atoms with Crippen LogP contribution in [-0.4, -0.2) is 60.2 Å². The third-order valence-electron chi connectivity index (χ3n) is 3.68. The minimum Gasteiger partial charge on any atom is -0.504 e. The van der Waals surface area contributed by atoms with Crippen molar-refractivity contribution < 1.29 is 29.3 Å². The van der Waals surface area contributed by atoms with Crippen LogP contribution in [0.5, 0.6) is 23.0 Å². The fourth-order valence-electron chi connectivity index (χ4n) is 2.21. The quantitative estimate of drug-likeness (QED) is 0.320. The summed E-state index contributed by atoms with van der Waals surface area (Å²) < 4.78 is 9.98. The maximum atomic E-state index is 11.8. The molecule has 2 aromatic rings. The molecule has 0 spiro atoms. The Kier molecular flexibility index (Phi) is 9.17. The van der Waals surface area contributed by atoms with Gasteiger partial charge in [-0.3, -0.25) is 9.59 Å². The van der Waals surface area contributed by atoms with Crippen LogP contribution in [0.3, 0.4) is 0 Å². The fraction of sp³-hybridized carbons (Fsp3) is 0.200. The summed E-state index contributed by atoms with van der Waals surface area (Å²) in [6, 6.07) is 9.27. The molecule has 2 aromatic carbocycles. The predicted molar refractivity (Wildman–Crippen MR) is 118 cm³/mol. The summed E-state index contributed by atoms with van der Waals surface area (Å²) in [7, 11) is 2.86. The second kappa shape index (κ2) is 12.1. The first kappa shape index (κ1) is 23.5. The van der Waals surface area contributed by atoms with Crippen LogP contribution in [0.2, 0.25) is 0 Å². The Bertz CT molecular complexity index is 903. The molecule has 164 valence electrons. The molecule has 31 heavy (non-hydrogen) atoms. The van der Waals surface area contributed by atoms with Gasteiger partial charge >= 0.3 is 0 Å². The van der Waals surface area contributed by atoms with E-state index in [1.165, 1.54) is 38.8 Å². The van der Waals surface area contributed by atoms with E-state index < -0.39 is 0 Å². The van der Waals surface area contributed by atoms with Gasteiger partial charge in [0, 0.05) is 0 Å². The van der Waals surface area contributed by atoms with Crippen LogP contribution in [0.25, 0.3) is 0 Å². The smallest absolute Gasteiger partial charge is 0.250 e. The second-order valence-electron chi connectivity index (χ2n) is 5.94. The number of hydrogen-bond acceptors (Lipinski definition) is 9. The van der Waals surface area contributed by atoms with Crippen LogP contribution in [0, 0.1) is 0 Å². The van der Waals surface area contributed by atoms with E-state index in [4.69, 9.17) is 9.47 Å². The molecule has 0 radical (unpaired) electrons. The fourth-order valence-corrected chi connectivity index (χ4v) is 2.81. The topological polar surface area (TPSA) is 142 Å². The lowest BCUT2D eigenvalue weighted by Crippen LogP contribution is -2.23. The number of nitrogens with one attached hydrogen (secondary N) is 2. The Morgan fingerprint density at radius 2 is 1.29 bits per heavy atom. The highest BCUT2D eigenvalue weighted by Gasteiger charge is 2.05. The number of carbonyl (C=O) groups excluding carboxylic acids is 2. The molecule has 0 unspecified atom stereocenters. The molecule has 10 nitrogen and oxygen atoms in total. The molecule has 0 fully saturated rings. The minimum absolute atomic E-state index is 0.00508. The van der Waals surface area contributed by atoms with Crippen molar-refractivity contribution in [1.82, 2.24) is 10.9 Å². The molecule has 0 aliphatic heterocycles. The van der Waals surface area contributed by atoms with Gasteiger partial charge in [0.1, 0.15) is 0 Å². The number of ether oxygens (including phenoxy) is 2. The summed E-state index contributed by atoms with van der Waals surface area (Å²) in [5.41, 5.74) is 5.96. The van der Waals surface area contributed by atoms with Gasteiger partial charge in [0.05, 0.1) is 38.2 Å². The molecule has 0 bridgehead atoms. The van der Waals surface area contributed by atoms with E-state index in [9.17, 15) is 19.8 Å². The van der Waals surface area contributed by atoms with E-state index in [-0.39, 0.29) is 34.8 Å². The number of benzene rings is 2. The number of phenolic OH excluding ortho intramolecular Hbond substituents is 2. The van der Waals surface area contributed by atoms with E-state index in [1.807, 2.05) is 0 Å². The van der Waals surface area contributed by atoms with Crippen LogP contribution in [0.4, 0.5) is 0 Å². The van der Waals surface area contributed by atoms with Crippen LogP contribution < -0.4 is 20.3 Å². The maximum absolute atomic E-state index is 11.8. The summed E-state index contributed by atoms with van der Waals surface area (Å²) in [5, 5.41) is 26.7. The molecule has 0 aliphatic rings. The SMILES string of the molecule is COc1cc(C=NNC(=O)CSCC(=O)NN=Cc2ccc(O)c(OC)c2)ccc1O. The van der Waals surface area contributed by atoms with E-state index in [2.05, 4.69) is 21.1 Å². The summed E-state index contributed by atoms with van der Waals surface area (Å²) in [6.45, 7) is 0. The van der Waals surface area contributed by atoms with Crippen molar-refractivity contribution >= 4 is 36.0 Å². The highest BCUT2D eigenvalue weighted by Crippen LogP contribution is 2.26. The second-order valence-corrected chi connectivity index (χ2v) is 6.93. The van der Waals surface area contributed by atoms with Crippen molar-refractivity contribution in [3.8, 4) is 23.0 Å². The highest BCUT2D eigenvalue weighted by molar-refractivity contribution is 8.00. The molecule has 0 aromatic heterocycles. The van der Waals surface area contributed by atoms with Gasteiger partial charge in [-0.15, -0.1) is 11.8 Å². The molecule has 0 saturated carbocycles. The Morgan fingerprint density at radius 1 is 0.871 bits per heavy atom. The van der Waals surface area contributed by atoms with Crippen LogP contribution >= 0.6 is 11.8 Å². The Morgan fingerprint density at radius 3 is 1.68 bits per heavy atom. The number of rotatable bonds is 10. The van der Waals surface area contributed by atoms with Crippen molar-refractivity contribution in [3.63, 3.8) is 0 Å². The lowest BCUT2D eigenvalue weighted by atomic mass is 10.2.